The minimum atomic E-state index is -5.63. The van der Waals surface area contributed by atoms with Crippen LogP contribution in [0.5, 0.6) is 5.75 Å². The van der Waals surface area contributed by atoms with Crippen LogP contribution in [0.4, 0.5) is 26.3 Å². The highest BCUT2D eigenvalue weighted by Crippen LogP contribution is 2.65. The highest BCUT2D eigenvalue weighted by Gasteiger charge is 2.80. The first-order valence-electron chi connectivity index (χ1n) is 9.41. The summed E-state index contributed by atoms with van der Waals surface area (Å²) in [6, 6.07) is 7.85. The molecule has 0 radical (unpaired) electrons. The van der Waals surface area contributed by atoms with Crippen LogP contribution in [-0.4, -0.2) is 30.0 Å². The molecule has 170 valence electrons. The molecule has 0 spiro atoms. The maximum atomic E-state index is 15.0. The molecule has 2 aromatic heterocycles. The quantitative estimate of drug-likeness (QED) is 0.377. The van der Waals surface area contributed by atoms with Crippen molar-refractivity contribution < 1.29 is 35.6 Å². The number of hydrogen-bond donors (Lipinski definition) is 0. The van der Waals surface area contributed by atoms with Crippen LogP contribution in [0.15, 0.2) is 34.9 Å². The minimum Gasteiger partial charge on any atom is -0.497 e. The van der Waals surface area contributed by atoms with E-state index >= 15 is 8.78 Å². The number of nitrogens with zero attached hydrogens (tertiary/aromatic N) is 1. The fraction of sp³-hybridized carbons (Fsp3) is 0.318. The Morgan fingerprint density at radius 1 is 0.906 bits per heavy atom. The Labute approximate surface area is 183 Å². The third kappa shape index (κ3) is 2.92. The lowest BCUT2D eigenvalue weighted by Gasteiger charge is -2.25. The van der Waals surface area contributed by atoms with Crippen molar-refractivity contribution in [2.24, 2.45) is 0 Å². The number of allylic oxidation sites excluding steroid dienone is 2. The number of hydrogen-bond acceptors (Lipinski definition) is 4. The van der Waals surface area contributed by atoms with Gasteiger partial charge in [-0.2, -0.15) is 26.3 Å². The van der Waals surface area contributed by atoms with E-state index in [1.807, 2.05) is 0 Å². The molecule has 4 rings (SSSR count). The summed E-state index contributed by atoms with van der Waals surface area (Å²) in [7, 11) is 1.48. The van der Waals surface area contributed by atoms with E-state index in [9.17, 15) is 17.6 Å². The average Bonchev–Trinajstić information content (AvgIpc) is 3.29. The first-order valence-corrected chi connectivity index (χ1v) is 10.2. The molecule has 0 saturated carbocycles. The summed E-state index contributed by atoms with van der Waals surface area (Å²) < 4.78 is 98.7. The van der Waals surface area contributed by atoms with Crippen molar-refractivity contribution in [3.05, 3.63) is 57.8 Å². The maximum Gasteiger partial charge on any atom is 0.380 e. The monoisotopic (exact) mass is 473 g/mol. The Hall–Kier alpha value is -2.75. The Morgan fingerprint density at radius 2 is 1.50 bits per heavy atom. The molecule has 0 saturated heterocycles. The van der Waals surface area contributed by atoms with Gasteiger partial charge in [0.15, 0.2) is 0 Å². The van der Waals surface area contributed by atoms with E-state index in [1.165, 1.54) is 33.9 Å². The molecule has 10 heteroatoms. The maximum absolute atomic E-state index is 15.0. The lowest BCUT2D eigenvalue weighted by atomic mass is 9.93. The number of thiophene rings is 1. The minimum absolute atomic E-state index is 0.175. The van der Waals surface area contributed by atoms with Gasteiger partial charge in [-0.15, -0.1) is 11.3 Å². The zero-order valence-corrected chi connectivity index (χ0v) is 18.1. The molecule has 1 aliphatic rings. The van der Waals surface area contributed by atoms with Crippen LogP contribution in [0.2, 0.25) is 0 Å². The molecule has 0 fully saturated rings. The topological polar surface area (TPSA) is 35.3 Å². The number of benzene rings is 1. The Kier molecular flexibility index (Phi) is 5.00. The van der Waals surface area contributed by atoms with E-state index in [0.29, 0.717) is 16.2 Å². The average molecular weight is 473 g/mol. The SMILES string of the molecule is COc1ccc(-c2cc(C3=C(c4c(C)noc4C)C(F)(F)C(F)(F)C3(F)F)c(C)s2)cc1. The number of ether oxygens (including phenoxy) is 1. The zero-order valence-electron chi connectivity index (χ0n) is 17.3. The summed E-state index contributed by atoms with van der Waals surface area (Å²) in [5.41, 5.74) is -3.33. The van der Waals surface area contributed by atoms with Crippen LogP contribution in [-0.2, 0) is 0 Å². The van der Waals surface area contributed by atoms with Gasteiger partial charge < -0.3 is 9.26 Å². The predicted molar refractivity (Wildman–Crippen MR) is 109 cm³/mol. The summed E-state index contributed by atoms with van der Waals surface area (Å²) in [5.74, 6) is -15.6. The van der Waals surface area contributed by atoms with E-state index in [-0.39, 0.29) is 21.9 Å². The van der Waals surface area contributed by atoms with Gasteiger partial charge in [0.25, 0.3) is 0 Å². The smallest absolute Gasteiger partial charge is 0.380 e. The number of halogens is 6. The summed E-state index contributed by atoms with van der Waals surface area (Å²) in [5, 5.41) is 3.50. The summed E-state index contributed by atoms with van der Waals surface area (Å²) in [6.07, 6.45) is 0. The van der Waals surface area contributed by atoms with E-state index in [4.69, 9.17) is 9.26 Å². The van der Waals surface area contributed by atoms with Crippen LogP contribution in [0, 0.1) is 20.8 Å². The third-order valence-electron chi connectivity index (χ3n) is 5.51. The number of aryl methyl sites for hydroxylation is 3. The Balaban J connectivity index is 2.00. The van der Waals surface area contributed by atoms with Gasteiger partial charge in [-0.25, -0.2) is 0 Å². The first-order chi connectivity index (χ1) is 14.8. The Morgan fingerprint density at radius 3 is 2.03 bits per heavy atom. The van der Waals surface area contributed by atoms with Gasteiger partial charge in [-0.05, 0) is 62.2 Å². The van der Waals surface area contributed by atoms with E-state index in [2.05, 4.69) is 5.16 Å². The second-order valence-corrected chi connectivity index (χ2v) is 8.74. The number of alkyl halides is 6. The van der Waals surface area contributed by atoms with Crippen LogP contribution in [0.3, 0.4) is 0 Å². The standard InChI is InChI=1S/C22H17F6NO2S/c1-10-17(11(2)31-29-10)19-18(20(23,24)22(27,28)21(19,25)26)15-9-16(32-12(15)3)13-5-7-14(30-4)8-6-13/h5-9H,1-4H3. The summed E-state index contributed by atoms with van der Waals surface area (Å²) in [4.78, 5) is 0.656. The Bertz CT molecular complexity index is 1200. The zero-order chi connectivity index (χ0) is 23.6. The first kappa shape index (κ1) is 22.4. The molecule has 0 amide bonds. The molecule has 2 heterocycles. The second kappa shape index (κ2) is 7.13. The number of methoxy groups -OCH3 is 1. The molecule has 0 aliphatic heterocycles. The van der Waals surface area contributed by atoms with Crippen molar-refractivity contribution in [2.75, 3.05) is 7.11 Å². The highest BCUT2D eigenvalue weighted by atomic mass is 32.1. The van der Waals surface area contributed by atoms with Gasteiger partial charge in [0.2, 0.25) is 0 Å². The van der Waals surface area contributed by atoms with E-state index in [1.54, 1.807) is 24.3 Å². The van der Waals surface area contributed by atoms with Crippen molar-refractivity contribution >= 4 is 22.5 Å². The van der Waals surface area contributed by atoms with Crippen molar-refractivity contribution in [2.45, 2.75) is 38.5 Å². The van der Waals surface area contributed by atoms with Gasteiger partial charge in [0.1, 0.15) is 11.5 Å². The van der Waals surface area contributed by atoms with Gasteiger partial charge in [0.05, 0.1) is 18.4 Å². The summed E-state index contributed by atoms with van der Waals surface area (Å²) in [6.45, 7) is 3.88. The molecule has 0 bridgehead atoms. The molecule has 1 aliphatic carbocycles. The molecule has 0 N–H and O–H groups in total. The largest absolute Gasteiger partial charge is 0.497 e. The van der Waals surface area contributed by atoms with Crippen LogP contribution < -0.4 is 4.74 Å². The van der Waals surface area contributed by atoms with Crippen molar-refractivity contribution in [3.63, 3.8) is 0 Å². The van der Waals surface area contributed by atoms with E-state index in [0.717, 1.165) is 11.3 Å². The predicted octanol–water partition coefficient (Wildman–Crippen LogP) is 7.17. The second-order valence-electron chi connectivity index (χ2n) is 7.48. The van der Waals surface area contributed by atoms with Crippen molar-refractivity contribution in [1.82, 2.24) is 5.16 Å². The molecule has 0 unspecified atom stereocenters. The summed E-state index contributed by atoms with van der Waals surface area (Å²) >= 11 is 1.04. The fourth-order valence-electron chi connectivity index (χ4n) is 3.88. The molecule has 0 atom stereocenters. The molecule has 32 heavy (non-hydrogen) atoms. The van der Waals surface area contributed by atoms with Crippen molar-refractivity contribution in [1.29, 1.82) is 0 Å². The third-order valence-corrected chi connectivity index (χ3v) is 6.61. The molecule has 3 aromatic rings. The number of rotatable bonds is 4. The van der Waals surface area contributed by atoms with Crippen molar-refractivity contribution in [3.8, 4) is 16.2 Å². The molecular formula is C22H17F6NO2S. The van der Waals surface area contributed by atoms with Gasteiger partial charge in [-0.1, -0.05) is 5.16 Å². The lowest BCUT2D eigenvalue weighted by Crippen LogP contribution is -2.49. The fourth-order valence-corrected chi connectivity index (χ4v) is 4.91. The van der Waals surface area contributed by atoms with Crippen LogP contribution in [0.25, 0.3) is 21.6 Å². The van der Waals surface area contributed by atoms with Crippen LogP contribution in [0.1, 0.15) is 27.5 Å². The van der Waals surface area contributed by atoms with Gasteiger partial charge >= 0.3 is 17.8 Å². The van der Waals surface area contributed by atoms with Gasteiger partial charge in [0, 0.05) is 20.9 Å². The normalized spacial score (nSPS) is 18.9. The van der Waals surface area contributed by atoms with E-state index < -0.39 is 34.5 Å². The van der Waals surface area contributed by atoms with Gasteiger partial charge in [-0.3, -0.25) is 0 Å². The lowest BCUT2D eigenvalue weighted by molar-refractivity contribution is -0.254. The van der Waals surface area contributed by atoms with Crippen LogP contribution >= 0.6 is 11.3 Å². The number of aromatic nitrogens is 1. The molecular weight excluding hydrogens is 456 g/mol. The molecule has 3 nitrogen and oxygen atoms in total. The highest BCUT2D eigenvalue weighted by molar-refractivity contribution is 7.15. The molecule has 1 aromatic carbocycles.